The van der Waals surface area contributed by atoms with Gasteiger partial charge in [0, 0.05) is 6.54 Å². The smallest absolute Gasteiger partial charge is 0.371 e. The van der Waals surface area contributed by atoms with Gasteiger partial charge in [-0.2, -0.15) is 0 Å². The van der Waals surface area contributed by atoms with Gasteiger partial charge in [-0.05, 0) is 31.5 Å². The first-order chi connectivity index (χ1) is 10.5. The largest absolute Gasteiger partial charge is 0.475 e. The van der Waals surface area contributed by atoms with Crippen molar-refractivity contribution < 1.29 is 23.9 Å². The van der Waals surface area contributed by atoms with Gasteiger partial charge in [-0.15, -0.1) is 0 Å². The predicted octanol–water partition coefficient (Wildman–Crippen LogP) is -0.209. The zero-order valence-corrected chi connectivity index (χ0v) is 12.1. The molecule has 2 amide bonds. The van der Waals surface area contributed by atoms with E-state index < -0.39 is 11.9 Å². The van der Waals surface area contributed by atoms with Crippen LogP contribution in [0.25, 0.3) is 0 Å². The molecule has 8 nitrogen and oxygen atoms in total. The molecule has 4 N–H and O–H groups in total. The van der Waals surface area contributed by atoms with Crippen LogP contribution in [0.4, 0.5) is 0 Å². The fraction of sp³-hybridized carbons (Fsp3) is 0.500. The highest BCUT2D eigenvalue weighted by Gasteiger charge is 2.26. The summed E-state index contributed by atoms with van der Waals surface area (Å²) in [7, 11) is 0. The highest BCUT2D eigenvalue weighted by molar-refractivity contribution is 5.84. The van der Waals surface area contributed by atoms with Crippen molar-refractivity contribution in [3.8, 4) is 0 Å². The number of nitrogens with zero attached hydrogens (tertiary/aromatic N) is 1. The molecule has 0 radical (unpaired) electrons. The number of carbonyl (C=O) groups excluding carboxylic acids is 2. The molecule has 1 fully saturated rings. The molecule has 0 aromatic carbocycles. The molecule has 1 aliphatic heterocycles. The fourth-order valence-electron chi connectivity index (χ4n) is 2.54. The number of hydrogen-bond donors (Lipinski definition) is 3. The third kappa shape index (κ3) is 4.32. The zero-order valence-electron chi connectivity index (χ0n) is 12.1. The van der Waals surface area contributed by atoms with Gasteiger partial charge in [0.05, 0.1) is 19.0 Å². The topological polar surface area (TPSA) is 126 Å². The molecule has 120 valence electrons. The summed E-state index contributed by atoms with van der Waals surface area (Å²) in [5.41, 5.74) is 5.16. The SMILES string of the molecule is NC(=O)CN1CCC[C@@H](C(=O)NCc2ccc(C(=O)O)o2)C1. The quantitative estimate of drug-likeness (QED) is 0.667. The van der Waals surface area contributed by atoms with Crippen LogP contribution < -0.4 is 11.1 Å². The summed E-state index contributed by atoms with van der Waals surface area (Å²) in [6, 6.07) is 2.86. The Morgan fingerprint density at radius 1 is 1.41 bits per heavy atom. The maximum absolute atomic E-state index is 12.1. The van der Waals surface area contributed by atoms with Crippen LogP contribution in [-0.4, -0.2) is 47.4 Å². The second-order valence-corrected chi connectivity index (χ2v) is 5.33. The van der Waals surface area contributed by atoms with Crippen LogP contribution >= 0.6 is 0 Å². The van der Waals surface area contributed by atoms with Crippen molar-refractivity contribution >= 4 is 17.8 Å². The van der Waals surface area contributed by atoms with Crippen molar-refractivity contribution in [1.29, 1.82) is 0 Å². The predicted molar refractivity (Wildman–Crippen MR) is 75.9 cm³/mol. The Hall–Kier alpha value is -2.35. The number of carboxylic acids is 1. The Bertz CT molecular complexity index is 569. The molecule has 1 aromatic heterocycles. The van der Waals surface area contributed by atoms with Crippen LogP contribution in [0.3, 0.4) is 0 Å². The van der Waals surface area contributed by atoms with Crippen molar-refractivity contribution in [2.45, 2.75) is 19.4 Å². The van der Waals surface area contributed by atoms with Gasteiger partial charge in [-0.1, -0.05) is 0 Å². The number of aromatic carboxylic acids is 1. The van der Waals surface area contributed by atoms with Crippen LogP contribution in [0.15, 0.2) is 16.5 Å². The number of rotatable bonds is 6. The lowest BCUT2D eigenvalue weighted by molar-refractivity contribution is -0.128. The molecular formula is C14H19N3O5. The Kier molecular flexibility index (Phi) is 5.16. The van der Waals surface area contributed by atoms with Crippen LogP contribution in [0.2, 0.25) is 0 Å². The maximum Gasteiger partial charge on any atom is 0.371 e. The second-order valence-electron chi connectivity index (χ2n) is 5.33. The molecule has 0 aliphatic carbocycles. The molecule has 1 saturated heterocycles. The number of primary amides is 1. The van der Waals surface area contributed by atoms with Gasteiger partial charge in [0.1, 0.15) is 5.76 Å². The van der Waals surface area contributed by atoms with Crippen molar-refractivity contribution in [1.82, 2.24) is 10.2 Å². The number of furan rings is 1. The number of carbonyl (C=O) groups is 3. The highest BCUT2D eigenvalue weighted by atomic mass is 16.4. The van der Waals surface area contributed by atoms with Crippen molar-refractivity contribution in [3.05, 3.63) is 23.7 Å². The third-order valence-electron chi connectivity index (χ3n) is 3.57. The first-order valence-corrected chi connectivity index (χ1v) is 7.06. The molecule has 0 spiro atoms. The minimum atomic E-state index is -1.15. The Balaban J connectivity index is 1.83. The minimum Gasteiger partial charge on any atom is -0.475 e. The number of piperidine rings is 1. The Labute approximate surface area is 127 Å². The van der Waals surface area contributed by atoms with Gasteiger partial charge < -0.3 is 20.6 Å². The summed E-state index contributed by atoms with van der Waals surface area (Å²) in [5.74, 6) is -1.67. The summed E-state index contributed by atoms with van der Waals surface area (Å²) in [4.78, 5) is 35.6. The summed E-state index contributed by atoms with van der Waals surface area (Å²) < 4.78 is 5.07. The Morgan fingerprint density at radius 2 is 2.18 bits per heavy atom. The fourth-order valence-corrected chi connectivity index (χ4v) is 2.54. The van der Waals surface area contributed by atoms with Crippen LogP contribution in [0, 0.1) is 5.92 Å². The number of carboxylic acid groups (broad SMARTS) is 1. The number of likely N-dealkylation sites (tertiary alicyclic amines) is 1. The van der Waals surface area contributed by atoms with Crippen molar-refractivity contribution in [2.75, 3.05) is 19.6 Å². The van der Waals surface area contributed by atoms with Gasteiger partial charge in [0.15, 0.2) is 0 Å². The van der Waals surface area contributed by atoms with E-state index in [0.29, 0.717) is 12.3 Å². The summed E-state index contributed by atoms with van der Waals surface area (Å²) >= 11 is 0. The molecule has 22 heavy (non-hydrogen) atoms. The van der Waals surface area contributed by atoms with Gasteiger partial charge in [0.25, 0.3) is 0 Å². The maximum atomic E-state index is 12.1. The molecule has 0 unspecified atom stereocenters. The van der Waals surface area contributed by atoms with Crippen LogP contribution in [0.5, 0.6) is 0 Å². The van der Waals surface area contributed by atoms with Gasteiger partial charge in [0.2, 0.25) is 17.6 Å². The van der Waals surface area contributed by atoms with Gasteiger partial charge >= 0.3 is 5.97 Å². The molecule has 0 bridgehead atoms. The van der Waals surface area contributed by atoms with E-state index in [2.05, 4.69) is 5.32 Å². The lowest BCUT2D eigenvalue weighted by Crippen LogP contribution is -2.45. The minimum absolute atomic E-state index is 0.137. The standard InChI is InChI=1S/C14H19N3O5/c15-12(18)8-17-5-1-2-9(7-17)13(19)16-6-10-3-4-11(22-10)14(20)21/h3-4,9H,1-2,5-8H2,(H2,15,18)(H,16,19)(H,20,21)/t9-/m1/s1. The summed E-state index contributed by atoms with van der Waals surface area (Å²) in [6.07, 6.45) is 1.58. The molecule has 1 atom stereocenters. The first kappa shape index (κ1) is 16.0. The average molecular weight is 309 g/mol. The highest BCUT2D eigenvalue weighted by Crippen LogP contribution is 2.16. The summed E-state index contributed by atoms with van der Waals surface area (Å²) in [6.45, 7) is 1.54. The third-order valence-corrected chi connectivity index (χ3v) is 3.57. The lowest BCUT2D eigenvalue weighted by Gasteiger charge is -2.30. The Morgan fingerprint density at radius 3 is 2.82 bits per heavy atom. The lowest BCUT2D eigenvalue weighted by atomic mass is 9.97. The summed E-state index contributed by atoms with van der Waals surface area (Å²) in [5, 5.41) is 11.5. The van der Waals surface area contributed by atoms with E-state index in [9.17, 15) is 14.4 Å². The molecule has 8 heteroatoms. The monoisotopic (exact) mass is 309 g/mol. The molecular weight excluding hydrogens is 290 g/mol. The van der Waals surface area contributed by atoms with Gasteiger partial charge in [-0.25, -0.2) is 4.79 Å². The van der Waals surface area contributed by atoms with E-state index in [0.717, 1.165) is 19.4 Å². The number of amides is 2. The first-order valence-electron chi connectivity index (χ1n) is 7.06. The van der Waals surface area contributed by atoms with E-state index in [4.69, 9.17) is 15.3 Å². The number of nitrogens with two attached hydrogens (primary N) is 1. The van der Waals surface area contributed by atoms with E-state index in [1.54, 1.807) is 0 Å². The van der Waals surface area contributed by atoms with Crippen LogP contribution in [-0.2, 0) is 16.1 Å². The van der Waals surface area contributed by atoms with Crippen molar-refractivity contribution in [3.63, 3.8) is 0 Å². The van der Waals surface area contributed by atoms with Crippen molar-refractivity contribution in [2.24, 2.45) is 11.7 Å². The molecule has 2 rings (SSSR count). The van der Waals surface area contributed by atoms with Crippen LogP contribution in [0.1, 0.15) is 29.2 Å². The van der Waals surface area contributed by atoms with Gasteiger partial charge in [-0.3, -0.25) is 14.5 Å². The second kappa shape index (κ2) is 7.08. The number of nitrogens with one attached hydrogen (secondary N) is 1. The van der Waals surface area contributed by atoms with E-state index in [1.165, 1.54) is 12.1 Å². The molecule has 1 aliphatic rings. The average Bonchev–Trinajstić information content (AvgIpc) is 2.93. The van der Waals surface area contributed by atoms with E-state index >= 15 is 0 Å². The molecule has 1 aromatic rings. The normalized spacial score (nSPS) is 18.8. The number of hydrogen-bond acceptors (Lipinski definition) is 5. The van der Waals surface area contributed by atoms with E-state index in [-0.39, 0.29) is 30.7 Å². The zero-order chi connectivity index (χ0) is 16.1. The molecule has 0 saturated carbocycles. The molecule has 2 heterocycles. The van der Waals surface area contributed by atoms with E-state index in [1.807, 2.05) is 4.90 Å².